The van der Waals surface area contributed by atoms with E-state index < -0.39 is 0 Å². The van der Waals surface area contributed by atoms with E-state index in [1.165, 1.54) is 27.8 Å². The maximum Gasteiger partial charge on any atom is 0.0793 e. The highest BCUT2D eigenvalue weighted by molar-refractivity contribution is 5.81. The van der Waals surface area contributed by atoms with Crippen molar-refractivity contribution in [3.8, 4) is 0 Å². The second-order valence-corrected chi connectivity index (χ2v) is 6.91. The largest absolute Gasteiger partial charge is 0.388 e. The van der Waals surface area contributed by atoms with Gasteiger partial charge in [-0.2, -0.15) is 0 Å². The minimum Gasteiger partial charge on any atom is -0.388 e. The summed E-state index contributed by atoms with van der Waals surface area (Å²) in [5, 5.41) is 3.30. The van der Waals surface area contributed by atoms with Crippen LogP contribution in [0.25, 0.3) is 11.1 Å². The van der Waals surface area contributed by atoms with Crippen LogP contribution in [0.15, 0.2) is 67.4 Å². The Hall–Kier alpha value is -2.74. The van der Waals surface area contributed by atoms with Crippen molar-refractivity contribution in [2.45, 2.75) is 26.3 Å². The summed E-state index contributed by atoms with van der Waals surface area (Å²) in [5.74, 6) is 0. The first-order valence-electron chi connectivity index (χ1n) is 9.22. The zero-order valence-electron chi connectivity index (χ0n) is 16.2. The van der Waals surface area contributed by atoms with Crippen LogP contribution >= 0.6 is 0 Å². The predicted octanol–water partition coefficient (Wildman–Crippen LogP) is 6.04. The molecule has 26 heavy (non-hydrogen) atoms. The molecule has 0 amide bonds. The lowest BCUT2D eigenvalue weighted by atomic mass is 9.87. The van der Waals surface area contributed by atoms with Crippen LogP contribution in [0, 0.1) is 6.92 Å². The van der Waals surface area contributed by atoms with Crippen LogP contribution in [0.3, 0.4) is 0 Å². The lowest BCUT2D eigenvalue weighted by Gasteiger charge is -2.33. The Morgan fingerprint density at radius 3 is 2.69 bits per heavy atom. The number of hydrogen-bond acceptors (Lipinski definition) is 2. The molecule has 0 saturated heterocycles. The van der Waals surface area contributed by atoms with Crippen molar-refractivity contribution in [2.24, 2.45) is 0 Å². The topological polar surface area (TPSA) is 15.3 Å². The summed E-state index contributed by atoms with van der Waals surface area (Å²) in [6.07, 6.45) is 7.45. The first-order valence-corrected chi connectivity index (χ1v) is 9.22. The van der Waals surface area contributed by atoms with Gasteiger partial charge in [-0.3, -0.25) is 0 Å². The van der Waals surface area contributed by atoms with E-state index in [0.717, 1.165) is 17.7 Å². The van der Waals surface area contributed by atoms with Crippen LogP contribution in [0.5, 0.6) is 0 Å². The van der Waals surface area contributed by atoms with Gasteiger partial charge in [-0.15, -0.1) is 0 Å². The Bertz CT molecular complexity index is 874. The van der Waals surface area contributed by atoms with E-state index in [-0.39, 0.29) is 6.04 Å². The smallest absolute Gasteiger partial charge is 0.0793 e. The molecule has 1 atom stereocenters. The summed E-state index contributed by atoms with van der Waals surface area (Å²) in [6, 6.07) is 15.6. The number of likely N-dealkylation sites (N-methyl/N-ethyl adjacent to an activating group) is 1. The van der Waals surface area contributed by atoms with Gasteiger partial charge in [0.2, 0.25) is 0 Å². The van der Waals surface area contributed by atoms with E-state index in [1.54, 1.807) is 0 Å². The molecule has 3 rings (SSSR count). The lowest BCUT2D eigenvalue weighted by molar-refractivity contribution is 0.400. The molecule has 0 aliphatic carbocycles. The fourth-order valence-electron chi connectivity index (χ4n) is 3.61. The molecule has 0 saturated carbocycles. The third kappa shape index (κ3) is 3.45. The van der Waals surface area contributed by atoms with Gasteiger partial charge in [0.25, 0.3) is 0 Å². The average Bonchev–Trinajstić information content (AvgIpc) is 2.66. The molecule has 0 fully saturated rings. The van der Waals surface area contributed by atoms with E-state index in [0.29, 0.717) is 0 Å². The molecule has 2 aromatic rings. The van der Waals surface area contributed by atoms with E-state index >= 15 is 0 Å². The van der Waals surface area contributed by atoms with Crippen LogP contribution in [0.4, 0.5) is 5.69 Å². The number of anilines is 1. The molecule has 1 aliphatic rings. The summed E-state index contributed by atoms with van der Waals surface area (Å²) in [4.78, 5) is 2.28. The minimum absolute atomic E-state index is 0.211. The second-order valence-electron chi connectivity index (χ2n) is 6.91. The number of rotatable bonds is 5. The number of nitrogens with one attached hydrogen (secondary N) is 1. The summed E-state index contributed by atoms with van der Waals surface area (Å²) >= 11 is 0. The van der Waals surface area contributed by atoms with Gasteiger partial charge in [0.05, 0.1) is 6.04 Å². The first kappa shape index (κ1) is 18.1. The lowest BCUT2D eigenvalue weighted by Crippen LogP contribution is -2.22. The van der Waals surface area contributed by atoms with Gasteiger partial charge in [-0.25, -0.2) is 0 Å². The summed E-state index contributed by atoms with van der Waals surface area (Å²) in [7, 11) is 4.11. The van der Waals surface area contributed by atoms with Gasteiger partial charge in [0.15, 0.2) is 0 Å². The van der Waals surface area contributed by atoms with Crippen LogP contribution in [0.2, 0.25) is 0 Å². The monoisotopic (exact) mass is 344 g/mol. The predicted molar refractivity (Wildman–Crippen MR) is 114 cm³/mol. The highest BCUT2D eigenvalue weighted by Crippen LogP contribution is 2.39. The quantitative estimate of drug-likeness (QED) is 0.711. The van der Waals surface area contributed by atoms with Crippen LogP contribution in [-0.4, -0.2) is 19.0 Å². The van der Waals surface area contributed by atoms with Gasteiger partial charge in [-0.1, -0.05) is 55.5 Å². The zero-order chi connectivity index (χ0) is 18.7. The Morgan fingerprint density at radius 2 is 2.00 bits per heavy atom. The van der Waals surface area contributed by atoms with E-state index in [9.17, 15) is 0 Å². The fourth-order valence-corrected chi connectivity index (χ4v) is 3.61. The molecule has 1 N–H and O–H groups in total. The van der Waals surface area contributed by atoms with Gasteiger partial charge in [0, 0.05) is 25.3 Å². The van der Waals surface area contributed by atoms with Gasteiger partial charge >= 0.3 is 0 Å². The Kier molecular flexibility index (Phi) is 5.32. The Morgan fingerprint density at radius 1 is 1.19 bits per heavy atom. The molecule has 0 radical (unpaired) electrons. The van der Waals surface area contributed by atoms with Gasteiger partial charge in [-0.05, 0) is 60.0 Å². The van der Waals surface area contributed by atoms with Crippen molar-refractivity contribution in [3.63, 3.8) is 0 Å². The maximum atomic E-state index is 4.26. The minimum atomic E-state index is 0.211. The molecule has 2 nitrogen and oxygen atoms in total. The molecule has 0 aromatic heterocycles. The van der Waals surface area contributed by atoms with E-state index in [1.807, 2.05) is 7.05 Å². The standard InChI is InChI=1S/C24H28N2/c1-6-18(3)22-16-19(12-13-23(22)25-4)21-11-8-14-26(5)24(21)20-10-7-9-17(2)15-20/h7-16,24-25H,3,6H2,1-2,4-5H3. The van der Waals surface area contributed by atoms with Crippen molar-refractivity contribution in [3.05, 3.63) is 89.6 Å². The molecule has 2 heteroatoms. The second kappa shape index (κ2) is 7.65. The Labute approximate surface area is 157 Å². The molecular formula is C24H28N2. The van der Waals surface area contributed by atoms with Crippen LogP contribution < -0.4 is 5.32 Å². The number of hydrogen-bond donors (Lipinski definition) is 1. The van der Waals surface area contributed by atoms with E-state index in [4.69, 9.17) is 0 Å². The molecule has 134 valence electrons. The summed E-state index contributed by atoms with van der Waals surface area (Å²) < 4.78 is 0. The van der Waals surface area contributed by atoms with Gasteiger partial charge in [0.1, 0.15) is 0 Å². The fraction of sp³-hybridized carbons (Fsp3) is 0.250. The number of aryl methyl sites for hydroxylation is 1. The van der Waals surface area contributed by atoms with Crippen LogP contribution in [0.1, 0.15) is 41.6 Å². The summed E-state index contributed by atoms with van der Waals surface area (Å²) in [6.45, 7) is 8.56. The van der Waals surface area contributed by atoms with Crippen molar-refractivity contribution >= 4 is 16.8 Å². The first-order chi connectivity index (χ1) is 12.5. The van der Waals surface area contributed by atoms with Crippen molar-refractivity contribution in [1.29, 1.82) is 0 Å². The van der Waals surface area contributed by atoms with Crippen molar-refractivity contribution in [2.75, 3.05) is 19.4 Å². The van der Waals surface area contributed by atoms with Gasteiger partial charge < -0.3 is 10.2 Å². The third-order valence-corrected chi connectivity index (χ3v) is 5.09. The SMILES string of the molecule is C=C(CC)c1cc(C2=CC=CN(C)C2c2cccc(C)c2)ccc1NC. The number of benzene rings is 2. The third-order valence-electron chi connectivity index (χ3n) is 5.09. The van der Waals surface area contributed by atoms with Crippen LogP contribution in [-0.2, 0) is 0 Å². The molecular weight excluding hydrogens is 316 g/mol. The Balaban J connectivity index is 2.10. The van der Waals surface area contributed by atoms with Crippen molar-refractivity contribution < 1.29 is 0 Å². The zero-order valence-corrected chi connectivity index (χ0v) is 16.2. The molecule has 1 heterocycles. The average molecular weight is 345 g/mol. The number of nitrogens with zero attached hydrogens (tertiary/aromatic N) is 1. The summed E-state index contributed by atoms with van der Waals surface area (Å²) in [5.41, 5.74) is 8.65. The molecule has 0 spiro atoms. The van der Waals surface area contributed by atoms with E-state index in [2.05, 4.69) is 98.5 Å². The molecule has 2 aromatic carbocycles. The molecule has 1 aliphatic heterocycles. The maximum absolute atomic E-state index is 4.26. The highest BCUT2D eigenvalue weighted by atomic mass is 15.1. The number of allylic oxidation sites excluding steroid dienone is 3. The highest BCUT2D eigenvalue weighted by Gasteiger charge is 2.23. The molecule has 1 unspecified atom stereocenters. The molecule has 0 bridgehead atoms. The van der Waals surface area contributed by atoms with Crippen molar-refractivity contribution in [1.82, 2.24) is 4.90 Å². The normalized spacial score (nSPS) is 16.4.